The molecular formula is C19H26N2O2S. The molecule has 2 rings (SSSR count). The summed E-state index contributed by atoms with van der Waals surface area (Å²) >= 11 is 1.62. The SMILES string of the molecule is CCNC=O.Cc1ccc(SNC2=CC(C/C=C/O)CC=C2)cc1. The Morgan fingerprint density at radius 1 is 1.33 bits per heavy atom. The molecule has 4 nitrogen and oxygen atoms in total. The molecule has 0 spiro atoms. The van der Waals surface area contributed by atoms with Crippen LogP contribution in [0.2, 0.25) is 0 Å². The summed E-state index contributed by atoms with van der Waals surface area (Å²) in [7, 11) is 0. The minimum atomic E-state index is 0.467. The second-order valence-corrected chi connectivity index (χ2v) is 6.21. The van der Waals surface area contributed by atoms with E-state index in [1.807, 2.05) is 6.92 Å². The van der Waals surface area contributed by atoms with Crippen molar-refractivity contribution in [2.24, 2.45) is 5.92 Å². The number of carbonyl (C=O) groups is 1. The lowest BCUT2D eigenvalue weighted by molar-refractivity contribution is -0.109. The van der Waals surface area contributed by atoms with Crippen molar-refractivity contribution in [2.45, 2.75) is 31.6 Å². The van der Waals surface area contributed by atoms with E-state index in [0.29, 0.717) is 12.3 Å². The Bertz CT molecular complexity index is 565. The van der Waals surface area contributed by atoms with Crippen molar-refractivity contribution >= 4 is 18.4 Å². The molecule has 24 heavy (non-hydrogen) atoms. The summed E-state index contributed by atoms with van der Waals surface area (Å²) in [6, 6.07) is 8.46. The first kappa shape index (κ1) is 19.9. The highest BCUT2D eigenvalue weighted by Crippen LogP contribution is 2.22. The summed E-state index contributed by atoms with van der Waals surface area (Å²) in [6.07, 6.45) is 12.0. The number of aliphatic hydroxyl groups is 1. The Hall–Kier alpha value is -2.14. The Morgan fingerprint density at radius 3 is 2.67 bits per heavy atom. The number of carbonyl (C=O) groups excluding carboxylic acids is 1. The van der Waals surface area contributed by atoms with Crippen LogP contribution in [0.25, 0.3) is 0 Å². The molecule has 0 saturated heterocycles. The van der Waals surface area contributed by atoms with E-state index in [1.165, 1.54) is 10.5 Å². The van der Waals surface area contributed by atoms with Gasteiger partial charge in [0, 0.05) is 17.1 Å². The lowest BCUT2D eigenvalue weighted by atomic mass is 9.96. The van der Waals surface area contributed by atoms with Crippen molar-refractivity contribution in [1.29, 1.82) is 0 Å². The van der Waals surface area contributed by atoms with Gasteiger partial charge < -0.3 is 15.1 Å². The Balaban J connectivity index is 0.000000505. The zero-order valence-electron chi connectivity index (χ0n) is 14.2. The zero-order valence-corrected chi connectivity index (χ0v) is 15.1. The van der Waals surface area contributed by atoms with Crippen LogP contribution < -0.4 is 10.0 Å². The van der Waals surface area contributed by atoms with Crippen LogP contribution in [0.5, 0.6) is 0 Å². The normalized spacial score (nSPS) is 16.1. The molecule has 0 fully saturated rings. The van der Waals surface area contributed by atoms with E-state index < -0.39 is 0 Å². The molecule has 1 aromatic rings. The summed E-state index contributed by atoms with van der Waals surface area (Å²) in [5, 5.41) is 11.1. The number of aliphatic hydroxyl groups excluding tert-OH is 1. The lowest BCUT2D eigenvalue weighted by Crippen LogP contribution is -2.08. The van der Waals surface area contributed by atoms with Gasteiger partial charge in [0.15, 0.2) is 0 Å². The fourth-order valence-electron chi connectivity index (χ4n) is 2.02. The van der Waals surface area contributed by atoms with Crippen molar-refractivity contribution < 1.29 is 9.90 Å². The molecule has 0 heterocycles. The smallest absolute Gasteiger partial charge is 0.207 e. The molecule has 0 bridgehead atoms. The van der Waals surface area contributed by atoms with Crippen LogP contribution in [0.15, 0.2) is 65.4 Å². The molecule has 1 aliphatic carbocycles. The molecule has 1 amide bonds. The van der Waals surface area contributed by atoms with Crippen LogP contribution in [0.3, 0.4) is 0 Å². The van der Waals surface area contributed by atoms with E-state index in [9.17, 15) is 4.79 Å². The van der Waals surface area contributed by atoms with Crippen molar-refractivity contribution in [3.05, 3.63) is 66.1 Å². The number of hydrogen-bond donors (Lipinski definition) is 3. The Kier molecular flexibility index (Phi) is 10.2. The first-order valence-corrected chi connectivity index (χ1v) is 8.85. The van der Waals surface area contributed by atoms with Crippen molar-refractivity contribution in [2.75, 3.05) is 6.54 Å². The van der Waals surface area contributed by atoms with Crippen LogP contribution >= 0.6 is 11.9 Å². The van der Waals surface area contributed by atoms with Gasteiger partial charge in [0.25, 0.3) is 0 Å². The summed E-state index contributed by atoms with van der Waals surface area (Å²) < 4.78 is 3.37. The predicted molar refractivity (Wildman–Crippen MR) is 102 cm³/mol. The highest BCUT2D eigenvalue weighted by molar-refractivity contribution is 7.97. The van der Waals surface area contributed by atoms with E-state index in [-0.39, 0.29) is 0 Å². The van der Waals surface area contributed by atoms with Gasteiger partial charge in [0.05, 0.1) is 6.26 Å². The third-order valence-electron chi connectivity index (χ3n) is 3.29. The number of benzene rings is 1. The molecule has 0 radical (unpaired) electrons. The minimum Gasteiger partial charge on any atom is -0.516 e. The third-order valence-corrected chi connectivity index (χ3v) is 4.14. The highest BCUT2D eigenvalue weighted by Gasteiger charge is 2.08. The average Bonchev–Trinajstić information content (AvgIpc) is 2.61. The summed E-state index contributed by atoms with van der Waals surface area (Å²) in [6.45, 7) is 4.69. The van der Waals surface area contributed by atoms with Crippen molar-refractivity contribution in [3.63, 3.8) is 0 Å². The molecule has 1 atom stereocenters. The number of rotatable bonds is 7. The molecule has 5 heteroatoms. The van der Waals surface area contributed by atoms with Gasteiger partial charge in [-0.2, -0.15) is 0 Å². The quantitative estimate of drug-likeness (QED) is 0.392. The van der Waals surface area contributed by atoms with Gasteiger partial charge in [0.1, 0.15) is 0 Å². The summed E-state index contributed by atoms with van der Waals surface area (Å²) in [5.74, 6) is 0.467. The topological polar surface area (TPSA) is 61.4 Å². The van der Waals surface area contributed by atoms with Crippen LogP contribution in [-0.2, 0) is 4.79 Å². The standard InChI is InChI=1S/C16H19NOS.C3H7NO/c1-13-7-9-16(10-8-13)19-17-15-6-2-4-14(12-15)5-3-11-18;1-2-4-3-5/h2-3,6-12,14,17-18H,4-5H2,1H3;3H,2H2,1H3,(H,4,5)/b11-3+;. The molecule has 1 aromatic carbocycles. The lowest BCUT2D eigenvalue weighted by Gasteiger charge is -2.16. The number of allylic oxidation sites excluding steroid dienone is 4. The molecule has 130 valence electrons. The molecule has 1 unspecified atom stereocenters. The molecule has 3 N–H and O–H groups in total. The molecule has 1 aliphatic rings. The molecular weight excluding hydrogens is 320 g/mol. The Morgan fingerprint density at radius 2 is 2.08 bits per heavy atom. The van der Waals surface area contributed by atoms with Crippen LogP contribution in [0, 0.1) is 12.8 Å². The van der Waals surface area contributed by atoms with E-state index in [4.69, 9.17) is 5.11 Å². The third kappa shape index (κ3) is 8.48. The first-order chi connectivity index (χ1) is 11.7. The average molecular weight is 346 g/mol. The van der Waals surface area contributed by atoms with Gasteiger partial charge in [-0.15, -0.1) is 0 Å². The maximum absolute atomic E-state index is 9.29. The van der Waals surface area contributed by atoms with E-state index in [1.54, 1.807) is 18.0 Å². The monoisotopic (exact) mass is 346 g/mol. The second kappa shape index (κ2) is 12.3. The van der Waals surface area contributed by atoms with Gasteiger partial charge in [-0.3, -0.25) is 4.79 Å². The fraction of sp³-hybridized carbons (Fsp3) is 0.316. The Labute approximate surface area is 148 Å². The van der Waals surface area contributed by atoms with Gasteiger partial charge in [0.2, 0.25) is 6.41 Å². The summed E-state index contributed by atoms with van der Waals surface area (Å²) in [4.78, 5) is 10.5. The predicted octanol–water partition coefficient (Wildman–Crippen LogP) is 4.27. The largest absolute Gasteiger partial charge is 0.516 e. The minimum absolute atomic E-state index is 0.467. The van der Waals surface area contributed by atoms with Gasteiger partial charge >= 0.3 is 0 Å². The maximum Gasteiger partial charge on any atom is 0.207 e. The van der Waals surface area contributed by atoms with Crippen LogP contribution in [-0.4, -0.2) is 18.1 Å². The van der Waals surface area contributed by atoms with Crippen molar-refractivity contribution in [1.82, 2.24) is 10.0 Å². The molecule has 0 saturated carbocycles. The van der Waals surface area contributed by atoms with Crippen molar-refractivity contribution in [3.8, 4) is 0 Å². The van der Waals surface area contributed by atoms with E-state index in [0.717, 1.165) is 31.3 Å². The fourth-order valence-corrected chi connectivity index (χ4v) is 2.67. The number of amides is 1. The highest BCUT2D eigenvalue weighted by atomic mass is 32.2. The second-order valence-electron chi connectivity index (χ2n) is 5.33. The van der Waals surface area contributed by atoms with Gasteiger partial charge in [-0.1, -0.05) is 29.8 Å². The van der Waals surface area contributed by atoms with Gasteiger partial charge in [-0.25, -0.2) is 0 Å². The number of hydrogen-bond acceptors (Lipinski definition) is 4. The maximum atomic E-state index is 9.29. The van der Waals surface area contributed by atoms with Gasteiger partial charge in [-0.05, 0) is 68.8 Å². The zero-order chi connectivity index (χ0) is 17.6. The molecule has 0 aliphatic heterocycles. The van der Waals surface area contributed by atoms with Crippen LogP contribution in [0.1, 0.15) is 25.3 Å². The summed E-state index contributed by atoms with van der Waals surface area (Å²) in [5.41, 5.74) is 2.41. The molecule has 0 aromatic heterocycles. The van der Waals surface area contributed by atoms with Crippen LogP contribution in [0.4, 0.5) is 0 Å². The number of nitrogens with one attached hydrogen (secondary N) is 2. The van der Waals surface area contributed by atoms with E-state index >= 15 is 0 Å². The first-order valence-electron chi connectivity index (χ1n) is 8.03. The van der Waals surface area contributed by atoms with E-state index in [2.05, 4.69) is 59.5 Å². The number of aryl methyl sites for hydroxylation is 1.